The zero-order chi connectivity index (χ0) is 21.7. The van der Waals surface area contributed by atoms with E-state index in [9.17, 15) is 9.59 Å². The van der Waals surface area contributed by atoms with Gasteiger partial charge in [0.1, 0.15) is 0 Å². The van der Waals surface area contributed by atoms with Crippen molar-refractivity contribution in [1.82, 2.24) is 14.5 Å². The van der Waals surface area contributed by atoms with Crippen molar-refractivity contribution in [3.05, 3.63) is 24.3 Å². The van der Waals surface area contributed by atoms with Crippen LogP contribution in [0.25, 0.3) is 11.0 Å². The lowest BCUT2D eigenvalue weighted by Gasteiger charge is -2.35. The van der Waals surface area contributed by atoms with Crippen LogP contribution >= 0.6 is 0 Å². The topological polar surface area (TPSA) is 76.5 Å². The van der Waals surface area contributed by atoms with E-state index in [0.29, 0.717) is 25.7 Å². The molecule has 164 valence electrons. The van der Waals surface area contributed by atoms with E-state index >= 15 is 0 Å². The van der Waals surface area contributed by atoms with Crippen molar-refractivity contribution in [1.29, 1.82) is 0 Å². The summed E-state index contributed by atoms with van der Waals surface area (Å²) in [6, 6.07) is 7.89. The molecule has 0 spiro atoms. The van der Waals surface area contributed by atoms with Gasteiger partial charge < -0.3 is 14.2 Å². The van der Waals surface area contributed by atoms with E-state index in [1.165, 1.54) is 0 Å². The van der Waals surface area contributed by atoms with Crippen LogP contribution in [0.4, 0.5) is 5.95 Å². The Hall–Kier alpha value is -2.41. The number of nitrogens with zero attached hydrogens (tertiary/aromatic N) is 3. The fourth-order valence-corrected chi connectivity index (χ4v) is 3.93. The molecule has 3 rings (SSSR count). The Kier molecular flexibility index (Phi) is 7.13. The lowest BCUT2D eigenvalue weighted by molar-refractivity contribution is -0.142. The van der Waals surface area contributed by atoms with E-state index in [2.05, 4.69) is 10.3 Å². The second kappa shape index (κ2) is 9.60. The zero-order valence-electron chi connectivity index (χ0n) is 18.6. The predicted octanol–water partition coefficient (Wildman–Crippen LogP) is 3.69. The summed E-state index contributed by atoms with van der Waals surface area (Å²) in [6.45, 7) is 11.0. The normalized spacial score (nSPS) is 17.3. The Morgan fingerprint density at radius 2 is 2.03 bits per heavy atom. The van der Waals surface area contributed by atoms with Gasteiger partial charge in [-0.2, -0.15) is 0 Å². The minimum absolute atomic E-state index is 0.0669. The summed E-state index contributed by atoms with van der Waals surface area (Å²) in [7, 11) is 0. The minimum Gasteiger partial charge on any atom is -0.382 e. The molecule has 2 heterocycles. The van der Waals surface area contributed by atoms with Gasteiger partial charge in [0.25, 0.3) is 0 Å². The molecule has 2 amide bonds. The first-order valence-electron chi connectivity index (χ1n) is 10.9. The summed E-state index contributed by atoms with van der Waals surface area (Å²) in [6.07, 6.45) is 2.46. The van der Waals surface area contributed by atoms with Crippen LogP contribution in [-0.4, -0.2) is 52.6 Å². The smallest absolute Gasteiger partial charge is 0.231 e. The third-order valence-electron chi connectivity index (χ3n) is 5.49. The molecular weight excluding hydrogens is 380 g/mol. The van der Waals surface area contributed by atoms with Crippen LogP contribution in [0, 0.1) is 11.3 Å². The Bertz CT molecular complexity index is 884. The van der Waals surface area contributed by atoms with E-state index < -0.39 is 5.41 Å². The highest BCUT2D eigenvalue weighted by Gasteiger charge is 2.33. The number of rotatable bonds is 7. The summed E-state index contributed by atoms with van der Waals surface area (Å²) >= 11 is 0. The number of hydrogen-bond donors (Lipinski definition) is 1. The molecule has 0 radical (unpaired) electrons. The number of aryl methyl sites for hydroxylation is 1. The summed E-state index contributed by atoms with van der Waals surface area (Å²) < 4.78 is 7.51. The second-order valence-electron chi connectivity index (χ2n) is 8.96. The molecule has 1 N–H and O–H groups in total. The summed E-state index contributed by atoms with van der Waals surface area (Å²) in [5, 5.41) is 3.04. The molecule has 1 unspecified atom stereocenters. The number of anilines is 1. The average molecular weight is 415 g/mol. The third-order valence-corrected chi connectivity index (χ3v) is 5.49. The highest BCUT2D eigenvalue weighted by atomic mass is 16.5. The van der Waals surface area contributed by atoms with Gasteiger partial charge in [-0.15, -0.1) is 0 Å². The zero-order valence-corrected chi connectivity index (χ0v) is 18.6. The molecule has 1 fully saturated rings. The van der Waals surface area contributed by atoms with Gasteiger partial charge in [0.15, 0.2) is 0 Å². The maximum atomic E-state index is 13.1. The monoisotopic (exact) mass is 414 g/mol. The largest absolute Gasteiger partial charge is 0.382 e. The first kappa shape index (κ1) is 22.3. The fourth-order valence-electron chi connectivity index (χ4n) is 3.93. The molecule has 1 aromatic carbocycles. The first-order chi connectivity index (χ1) is 14.3. The highest BCUT2D eigenvalue weighted by molar-refractivity contribution is 5.94. The number of carbonyl (C=O) groups excluding carboxylic acids is 2. The van der Waals surface area contributed by atoms with Crippen molar-refractivity contribution >= 4 is 28.8 Å². The van der Waals surface area contributed by atoms with Crippen LogP contribution in [0.2, 0.25) is 0 Å². The number of nitrogens with one attached hydrogen (secondary N) is 1. The van der Waals surface area contributed by atoms with Crippen LogP contribution in [0.15, 0.2) is 24.3 Å². The lowest BCUT2D eigenvalue weighted by atomic mass is 9.91. The van der Waals surface area contributed by atoms with Crippen molar-refractivity contribution in [2.75, 3.05) is 31.6 Å². The molecule has 7 heteroatoms. The molecule has 1 aromatic heterocycles. The maximum Gasteiger partial charge on any atom is 0.231 e. The van der Waals surface area contributed by atoms with Crippen molar-refractivity contribution in [3.8, 4) is 0 Å². The van der Waals surface area contributed by atoms with E-state index in [-0.39, 0.29) is 17.7 Å². The Balaban J connectivity index is 1.73. The number of ether oxygens (including phenoxy) is 1. The fraction of sp³-hybridized carbons (Fsp3) is 0.609. The molecule has 7 nitrogen and oxygen atoms in total. The molecule has 30 heavy (non-hydrogen) atoms. The van der Waals surface area contributed by atoms with Gasteiger partial charge in [-0.05, 0) is 38.3 Å². The molecule has 1 atom stereocenters. The van der Waals surface area contributed by atoms with Crippen molar-refractivity contribution < 1.29 is 14.3 Å². The number of likely N-dealkylation sites (tertiary alicyclic amines) is 1. The van der Waals surface area contributed by atoms with Crippen LogP contribution in [0.1, 0.15) is 47.0 Å². The number of carbonyl (C=O) groups is 2. The average Bonchev–Trinajstić information content (AvgIpc) is 3.07. The van der Waals surface area contributed by atoms with Crippen molar-refractivity contribution in [2.45, 2.75) is 53.5 Å². The summed E-state index contributed by atoms with van der Waals surface area (Å²) in [5.74, 6) is 0.379. The summed E-state index contributed by atoms with van der Waals surface area (Å²) in [5.41, 5.74) is 1.42. The van der Waals surface area contributed by atoms with Crippen LogP contribution in [0.3, 0.4) is 0 Å². The van der Waals surface area contributed by atoms with E-state index in [1.54, 1.807) is 0 Å². The van der Waals surface area contributed by atoms with Gasteiger partial charge in [0, 0.05) is 38.3 Å². The standard InChI is InChI=1S/C23H34N4O3/c1-5-30-15-9-14-27-19-12-7-6-11-18(19)24-22(27)25-20(28)17-10-8-13-26(16-17)21(29)23(2,3)4/h6-7,11-12,17H,5,8-10,13-16H2,1-4H3,(H,24,25,28). The number of piperidine rings is 1. The van der Waals surface area contributed by atoms with Gasteiger partial charge >= 0.3 is 0 Å². The number of fused-ring (bicyclic) bond motifs is 1. The minimum atomic E-state index is -0.438. The molecule has 0 bridgehead atoms. The Morgan fingerprint density at radius 3 is 2.77 bits per heavy atom. The van der Waals surface area contributed by atoms with E-state index in [0.717, 1.165) is 43.4 Å². The van der Waals surface area contributed by atoms with Crippen molar-refractivity contribution in [3.63, 3.8) is 0 Å². The molecule has 1 aliphatic heterocycles. The van der Waals surface area contributed by atoms with Gasteiger partial charge in [-0.3, -0.25) is 14.9 Å². The quantitative estimate of drug-likeness (QED) is 0.701. The number of hydrogen-bond acceptors (Lipinski definition) is 4. The molecule has 1 saturated heterocycles. The predicted molar refractivity (Wildman–Crippen MR) is 118 cm³/mol. The number of para-hydroxylation sites is 2. The van der Waals surface area contributed by atoms with Gasteiger partial charge in [0.2, 0.25) is 17.8 Å². The third kappa shape index (κ3) is 5.19. The number of imidazole rings is 1. The number of benzene rings is 1. The highest BCUT2D eigenvalue weighted by Crippen LogP contribution is 2.25. The van der Waals surface area contributed by atoms with Crippen LogP contribution in [0.5, 0.6) is 0 Å². The lowest BCUT2D eigenvalue weighted by Crippen LogP contribution is -2.47. The van der Waals surface area contributed by atoms with Crippen molar-refractivity contribution in [2.24, 2.45) is 11.3 Å². The van der Waals surface area contributed by atoms with Gasteiger partial charge in [0.05, 0.1) is 17.0 Å². The Morgan fingerprint density at radius 1 is 1.27 bits per heavy atom. The molecule has 2 aromatic rings. The molecule has 0 aliphatic carbocycles. The van der Waals surface area contributed by atoms with E-state index in [1.807, 2.05) is 61.4 Å². The molecular formula is C23H34N4O3. The Labute approximate surface area is 178 Å². The summed E-state index contributed by atoms with van der Waals surface area (Å²) in [4.78, 5) is 32.2. The maximum absolute atomic E-state index is 13.1. The van der Waals surface area contributed by atoms with Gasteiger partial charge in [-0.1, -0.05) is 32.9 Å². The first-order valence-corrected chi connectivity index (χ1v) is 10.9. The van der Waals surface area contributed by atoms with E-state index in [4.69, 9.17) is 4.74 Å². The van der Waals surface area contributed by atoms with Crippen LogP contribution in [-0.2, 0) is 20.9 Å². The SMILES string of the molecule is CCOCCCn1c(NC(=O)C2CCCN(C(=O)C(C)(C)C)C2)nc2ccccc21. The number of amides is 2. The molecule has 0 saturated carbocycles. The number of aromatic nitrogens is 2. The second-order valence-corrected chi connectivity index (χ2v) is 8.96. The molecule has 1 aliphatic rings. The van der Waals surface area contributed by atoms with Crippen LogP contribution < -0.4 is 5.32 Å². The van der Waals surface area contributed by atoms with Gasteiger partial charge in [-0.25, -0.2) is 4.98 Å².